The maximum absolute atomic E-state index is 13.1. The summed E-state index contributed by atoms with van der Waals surface area (Å²) in [5.74, 6) is -1.62. The monoisotopic (exact) mass is 309 g/mol. The largest absolute Gasteiger partial charge is 0.481 e. The van der Waals surface area contributed by atoms with Gasteiger partial charge in [-0.05, 0) is 36.9 Å². The molecule has 2 aromatic rings. The Labute approximate surface area is 125 Å². The number of carbonyl (C=O) groups is 2. The smallest absolute Gasteiger partial charge is 0.311 e. The lowest BCUT2D eigenvalue weighted by Gasteiger charge is -2.22. The fourth-order valence-corrected chi connectivity index (χ4v) is 2.84. The number of nitrogens with one attached hydrogen (secondary N) is 1. The quantitative estimate of drug-likeness (QED) is 0.891. The highest BCUT2D eigenvalue weighted by atomic mass is 32.1. The molecule has 0 bridgehead atoms. The van der Waals surface area contributed by atoms with Gasteiger partial charge in [0.25, 0.3) is 5.91 Å². The fourth-order valence-electron chi connectivity index (χ4n) is 1.83. The zero-order valence-corrected chi connectivity index (χ0v) is 12.6. The Kier molecular flexibility index (Phi) is 4.27. The van der Waals surface area contributed by atoms with Crippen LogP contribution in [0.4, 0.5) is 4.39 Å². The van der Waals surface area contributed by atoms with Crippen molar-refractivity contribution in [3.63, 3.8) is 0 Å². The molecule has 0 radical (unpaired) electrons. The van der Waals surface area contributed by atoms with Gasteiger partial charge in [-0.15, -0.1) is 11.3 Å². The van der Waals surface area contributed by atoms with Gasteiger partial charge in [-0.2, -0.15) is 0 Å². The summed E-state index contributed by atoms with van der Waals surface area (Å²) in [5.41, 5.74) is -0.988. The Morgan fingerprint density at radius 1 is 1.38 bits per heavy atom. The third-order valence-electron chi connectivity index (χ3n) is 3.64. The molecule has 6 heteroatoms. The topological polar surface area (TPSA) is 66.4 Å². The Morgan fingerprint density at radius 3 is 2.71 bits per heavy atom. The minimum atomic E-state index is -0.988. The van der Waals surface area contributed by atoms with Crippen molar-refractivity contribution < 1.29 is 19.1 Å². The predicted molar refractivity (Wildman–Crippen MR) is 80.2 cm³/mol. The van der Waals surface area contributed by atoms with Crippen LogP contribution in [0.2, 0.25) is 0 Å². The number of carboxylic acid groups (broad SMARTS) is 1. The average Bonchev–Trinajstić information content (AvgIpc) is 2.87. The van der Waals surface area contributed by atoms with Crippen molar-refractivity contribution in [1.82, 2.24) is 5.32 Å². The van der Waals surface area contributed by atoms with Gasteiger partial charge >= 0.3 is 5.97 Å². The van der Waals surface area contributed by atoms with E-state index in [0.717, 1.165) is 5.39 Å². The molecule has 0 aliphatic carbocycles. The summed E-state index contributed by atoms with van der Waals surface area (Å²) in [6.07, 6.45) is 0.417. The summed E-state index contributed by atoms with van der Waals surface area (Å²) < 4.78 is 13.8. The van der Waals surface area contributed by atoms with Gasteiger partial charge in [0.1, 0.15) is 5.82 Å². The highest BCUT2D eigenvalue weighted by molar-refractivity contribution is 7.20. The molecule has 2 rings (SSSR count). The van der Waals surface area contributed by atoms with Crippen molar-refractivity contribution in [2.45, 2.75) is 20.3 Å². The first-order valence-corrected chi connectivity index (χ1v) is 7.38. The second kappa shape index (κ2) is 5.81. The molecule has 1 unspecified atom stereocenters. The maximum Gasteiger partial charge on any atom is 0.311 e. The summed E-state index contributed by atoms with van der Waals surface area (Å²) in [6.45, 7) is 3.42. The standard InChI is InChI=1S/C15H16FNO3S/c1-3-15(2,14(19)20)8-17-13(18)12-6-9-4-5-10(16)7-11(9)21-12/h4-7H,3,8H2,1-2H3,(H,17,18)(H,19,20). The number of halogens is 1. The van der Waals surface area contributed by atoms with E-state index in [1.165, 1.54) is 23.5 Å². The molecule has 1 aromatic heterocycles. The van der Waals surface area contributed by atoms with Gasteiger partial charge in [-0.1, -0.05) is 13.0 Å². The molecule has 4 nitrogen and oxygen atoms in total. The van der Waals surface area contributed by atoms with Crippen LogP contribution in [0.15, 0.2) is 24.3 Å². The lowest BCUT2D eigenvalue weighted by molar-refractivity contribution is -0.147. The van der Waals surface area contributed by atoms with Crippen molar-refractivity contribution in [3.05, 3.63) is 35.0 Å². The third-order valence-corrected chi connectivity index (χ3v) is 4.74. The SMILES string of the molecule is CCC(C)(CNC(=O)c1cc2ccc(F)cc2s1)C(=O)O. The predicted octanol–water partition coefficient (Wildman–Crippen LogP) is 3.27. The van der Waals surface area contributed by atoms with Crippen LogP contribution in [-0.4, -0.2) is 23.5 Å². The molecule has 0 spiro atoms. The Morgan fingerprint density at radius 2 is 2.10 bits per heavy atom. The summed E-state index contributed by atoms with van der Waals surface area (Å²) in [5, 5.41) is 12.6. The second-order valence-electron chi connectivity index (χ2n) is 5.19. The van der Waals surface area contributed by atoms with Crippen molar-refractivity contribution in [1.29, 1.82) is 0 Å². The zero-order chi connectivity index (χ0) is 15.6. The molecule has 0 saturated heterocycles. The van der Waals surface area contributed by atoms with E-state index in [1.807, 2.05) is 0 Å². The summed E-state index contributed by atoms with van der Waals surface area (Å²) in [6, 6.07) is 6.02. The Hall–Kier alpha value is -1.95. The summed E-state index contributed by atoms with van der Waals surface area (Å²) in [4.78, 5) is 23.7. The Balaban J connectivity index is 2.14. The molecular formula is C15H16FNO3S. The van der Waals surface area contributed by atoms with Gasteiger partial charge in [0.2, 0.25) is 0 Å². The number of fused-ring (bicyclic) bond motifs is 1. The third kappa shape index (κ3) is 3.21. The molecule has 2 N–H and O–H groups in total. The first-order valence-electron chi connectivity index (χ1n) is 6.56. The van der Waals surface area contributed by atoms with Gasteiger partial charge in [-0.3, -0.25) is 9.59 Å². The van der Waals surface area contributed by atoms with E-state index in [9.17, 15) is 19.1 Å². The molecule has 1 atom stereocenters. The molecule has 1 heterocycles. The van der Waals surface area contributed by atoms with E-state index in [0.29, 0.717) is 16.0 Å². The van der Waals surface area contributed by atoms with E-state index in [2.05, 4.69) is 5.32 Å². The molecular weight excluding hydrogens is 293 g/mol. The summed E-state index contributed by atoms with van der Waals surface area (Å²) in [7, 11) is 0. The number of benzene rings is 1. The lowest BCUT2D eigenvalue weighted by atomic mass is 9.88. The maximum atomic E-state index is 13.1. The molecule has 1 amide bonds. The van der Waals surface area contributed by atoms with Crippen molar-refractivity contribution in [2.24, 2.45) is 5.41 Å². The van der Waals surface area contributed by atoms with Gasteiger partial charge < -0.3 is 10.4 Å². The van der Waals surface area contributed by atoms with Gasteiger partial charge in [0, 0.05) is 11.2 Å². The lowest BCUT2D eigenvalue weighted by Crippen LogP contribution is -2.40. The van der Waals surface area contributed by atoms with Crippen LogP contribution in [0.3, 0.4) is 0 Å². The number of rotatable bonds is 5. The van der Waals surface area contributed by atoms with Gasteiger partial charge in [0.15, 0.2) is 0 Å². The first-order chi connectivity index (χ1) is 9.85. The van der Waals surface area contributed by atoms with E-state index < -0.39 is 11.4 Å². The fraction of sp³-hybridized carbons (Fsp3) is 0.333. The van der Waals surface area contributed by atoms with Crippen LogP contribution in [-0.2, 0) is 4.79 Å². The first kappa shape index (κ1) is 15.4. The van der Waals surface area contributed by atoms with Gasteiger partial charge in [-0.25, -0.2) is 4.39 Å². The summed E-state index contributed by atoms with van der Waals surface area (Å²) >= 11 is 1.19. The van der Waals surface area contributed by atoms with Crippen LogP contribution < -0.4 is 5.32 Å². The highest BCUT2D eigenvalue weighted by Gasteiger charge is 2.31. The number of aliphatic carboxylic acids is 1. The average molecular weight is 309 g/mol. The number of hydrogen-bond donors (Lipinski definition) is 2. The number of amides is 1. The molecule has 0 aliphatic heterocycles. The zero-order valence-electron chi connectivity index (χ0n) is 11.8. The molecule has 0 saturated carbocycles. The van der Waals surface area contributed by atoms with Crippen molar-refractivity contribution in [3.8, 4) is 0 Å². The van der Waals surface area contributed by atoms with Gasteiger partial charge in [0.05, 0.1) is 10.3 Å². The molecule has 0 fully saturated rings. The van der Waals surface area contributed by atoms with Crippen molar-refractivity contribution in [2.75, 3.05) is 6.54 Å². The van der Waals surface area contributed by atoms with E-state index in [4.69, 9.17) is 0 Å². The number of carbonyl (C=O) groups excluding carboxylic acids is 1. The minimum absolute atomic E-state index is 0.0558. The molecule has 1 aromatic carbocycles. The van der Waals surface area contributed by atoms with E-state index in [-0.39, 0.29) is 18.3 Å². The van der Waals surface area contributed by atoms with Crippen LogP contribution in [0.1, 0.15) is 29.9 Å². The second-order valence-corrected chi connectivity index (χ2v) is 6.28. The number of hydrogen-bond acceptors (Lipinski definition) is 3. The Bertz CT molecular complexity index is 697. The molecule has 21 heavy (non-hydrogen) atoms. The van der Waals surface area contributed by atoms with Crippen LogP contribution in [0.25, 0.3) is 10.1 Å². The van der Waals surface area contributed by atoms with E-state index in [1.54, 1.807) is 26.0 Å². The minimum Gasteiger partial charge on any atom is -0.481 e. The van der Waals surface area contributed by atoms with E-state index >= 15 is 0 Å². The van der Waals surface area contributed by atoms with Crippen LogP contribution in [0.5, 0.6) is 0 Å². The van der Waals surface area contributed by atoms with Crippen LogP contribution >= 0.6 is 11.3 Å². The number of carboxylic acids is 1. The van der Waals surface area contributed by atoms with Crippen LogP contribution in [0, 0.1) is 11.2 Å². The normalized spacial score (nSPS) is 13.9. The number of thiophene rings is 1. The van der Waals surface area contributed by atoms with Crippen molar-refractivity contribution >= 4 is 33.3 Å². The molecule has 0 aliphatic rings. The highest BCUT2D eigenvalue weighted by Crippen LogP contribution is 2.27. The molecule has 112 valence electrons.